The van der Waals surface area contributed by atoms with Crippen LogP contribution in [0.5, 0.6) is 5.75 Å². The molecule has 0 unspecified atom stereocenters. The Kier molecular flexibility index (Phi) is 4.07. The smallest absolute Gasteiger partial charge is 0.387 e. The number of furan rings is 1. The Morgan fingerprint density at radius 3 is 2.53 bits per heavy atom. The van der Waals surface area contributed by atoms with E-state index in [1.165, 1.54) is 42.7 Å². The van der Waals surface area contributed by atoms with Crippen molar-refractivity contribution in [2.24, 2.45) is 0 Å². The lowest BCUT2D eigenvalue weighted by Gasteiger charge is -2.04. The maximum Gasteiger partial charge on any atom is 0.387 e. The van der Waals surface area contributed by atoms with Gasteiger partial charge in [0.2, 0.25) is 0 Å². The number of benzene rings is 1. The van der Waals surface area contributed by atoms with Gasteiger partial charge in [-0.05, 0) is 48.6 Å². The van der Waals surface area contributed by atoms with E-state index in [-0.39, 0.29) is 11.5 Å². The average Bonchev–Trinajstić information content (AvgIpc) is 2.89. The van der Waals surface area contributed by atoms with Gasteiger partial charge in [0, 0.05) is 5.56 Å². The fraction of sp³-hybridized carbons (Fsp3) is 0.0714. The predicted molar refractivity (Wildman–Crippen MR) is 65.1 cm³/mol. The van der Waals surface area contributed by atoms with E-state index in [1.54, 1.807) is 12.1 Å². The minimum atomic E-state index is -2.87. The number of carbonyl (C=O) groups is 1. The first-order valence-electron chi connectivity index (χ1n) is 5.46. The molecule has 1 aromatic heterocycles. The first kappa shape index (κ1) is 13.0. The molecule has 0 fully saturated rings. The molecule has 19 heavy (non-hydrogen) atoms. The Morgan fingerprint density at radius 2 is 1.95 bits per heavy atom. The number of ether oxygens (including phenoxy) is 1. The molecule has 0 atom stereocenters. The molecule has 0 amide bonds. The van der Waals surface area contributed by atoms with Crippen LogP contribution in [0, 0.1) is 0 Å². The van der Waals surface area contributed by atoms with Crippen LogP contribution in [-0.4, -0.2) is 12.4 Å². The molecule has 0 aliphatic rings. The zero-order valence-electron chi connectivity index (χ0n) is 9.75. The monoisotopic (exact) mass is 264 g/mol. The Bertz CT molecular complexity index is 557. The van der Waals surface area contributed by atoms with E-state index in [9.17, 15) is 13.6 Å². The van der Waals surface area contributed by atoms with Crippen LogP contribution in [0.15, 0.2) is 53.2 Å². The molecule has 0 bridgehead atoms. The minimum absolute atomic E-state index is 0.0153. The van der Waals surface area contributed by atoms with E-state index in [1.807, 2.05) is 0 Å². The summed E-state index contributed by atoms with van der Waals surface area (Å²) in [5.74, 6) is 0.326. The summed E-state index contributed by atoms with van der Waals surface area (Å²) in [5, 5.41) is 0. The highest BCUT2D eigenvalue weighted by Crippen LogP contribution is 2.15. The molecule has 1 aromatic carbocycles. The van der Waals surface area contributed by atoms with Gasteiger partial charge in [0.25, 0.3) is 0 Å². The van der Waals surface area contributed by atoms with Gasteiger partial charge in [-0.2, -0.15) is 8.78 Å². The molecule has 1 heterocycles. The van der Waals surface area contributed by atoms with Crippen LogP contribution in [0.2, 0.25) is 0 Å². The summed E-state index contributed by atoms with van der Waals surface area (Å²) in [4.78, 5) is 11.8. The van der Waals surface area contributed by atoms with Crippen molar-refractivity contribution in [2.75, 3.05) is 0 Å². The van der Waals surface area contributed by atoms with Crippen molar-refractivity contribution >= 4 is 11.9 Å². The van der Waals surface area contributed by atoms with Crippen molar-refractivity contribution in [1.82, 2.24) is 0 Å². The van der Waals surface area contributed by atoms with Crippen LogP contribution < -0.4 is 4.74 Å². The second-order valence-corrected chi connectivity index (χ2v) is 3.62. The number of ketones is 1. The van der Waals surface area contributed by atoms with Gasteiger partial charge in [-0.3, -0.25) is 4.79 Å². The van der Waals surface area contributed by atoms with Gasteiger partial charge in [-0.25, -0.2) is 0 Å². The Labute approximate surface area is 108 Å². The third-order valence-corrected chi connectivity index (χ3v) is 2.31. The molecule has 5 heteroatoms. The van der Waals surface area contributed by atoms with Crippen LogP contribution in [0.4, 0.5) is 8.78 Å². The largest absolute Gasteiger partial charge is 0.465 e. The lowest BCUT2D eigenvalue weighted by Crippen LogP contribution is -2.02. The summed E-state index contributed by atoms with van der Waals surface area (Å²) in [6, 6.07) is 8.91. The summed E-state index contributed by atoms with van der Waals surface area (Å²) in [7, 11) is 0. The standard InChI is InChI=1S/C14H10F2O3/c15-14(16)19-12-5-3-10(4-6-12)13(17)8-7-11-2-1-9-18-11/h1-9,14H. The van der Waals surface area contributed by atoms with Crippen LogP contribution in [-0.2, 0) is 0 Å². The highest BCUT2D eigenvalue weighted by molar-refractivity contribution is 6.06. The van der Waals surface area contributed by atoms with E-state index < -0.39 is 6.61 Å². The SMILES string of the molecule is O=C(C=Cc1ccco1)c1ccc(OC(F)F)cc1. The van der Waals surface area contributed by atoms with E-state index in [0.717, 1.165) is 0 Å². The first-order chi connectivity index (χ1) is 9.15. The number of carbonyl (C=O) groups excluding carboxylic acids is 1. The van der Waals surface area contributed by atoms with Crippen molar-refractivity contribution in [1.29, 1.82) is 0 Å². The Morgan fingerprint density at radius 1 is 1.21 bits per heavy atom. The predicted octanol–water partition coefficient (Wildman–Crippen LogP) is 3.78. The summed E-state index contributed by atoms with van der Waals surface area (Å²) in [5.41, 5.74) is 0.379. The summed E-state index contributed by atoms with van der Waals surface area (Å²) in [6.45, 7) is -2.87. The van der Waals surface area contributed by atoms with Crippen LogP contribution >= 0.6 is 0 Å². The minimum Gasteiger partial charge on any atom is -0.465 e. The molecule has 2 rings (SSSR count). The number of alkyl halides is 2. The van der Waals surface area contributed by atoms with E-state index in [0.29, 0.717) is 11.3 Å². The lowest BCUT2D eigenvalue weighted by molar-refractivity contribution is -0.0498. The Hall–Kier alpha value is -2.43. The summed E-state index contributed by atoms with van der Waals surface area (Å²) in [6.07, 6.45) is 4.38. The maximum atomic E-state index is 11.9. The second-order valence-electron chi connectivity index (χ2n) is 3.62. The third-order valence-electron chi connectivity index (χ3n) is 2.31. The summed E-state index contributed by atoms with van der Waals surface area (Å²) < 4.78 is 33.1. The van der Waals surface area contributed by atoms with Crippen molar-refractivity contribution in [3.8, 4) is 5.75 Å². The van der Waals surface area contributed by atoms with E-state index >= 15 is 0 Å². The fourth-order valence-corrected chi connectivity index (χ4v) is 1.44. The number of hydrogen-bond acceptors (Lipinski definition) is 3. The first-order valence-corrected chi connectivity index (χ1v) is 5.46. The van der Waals surface area contributed by atoms with Crippen molar-refractivity contribution in [3.05, 3.63) is 60.1 Å². The second kappa shape index (κ2) is 5.95. The van der Waals surface area contributed by atoms with Crippen molar-refractivity contribution in [2.45, 2.75) is 6.61 Å². The normalized spacial score (nSPS) is 11.1. The molecule has 0 radical (unpaired) electrons. The highest BCUT2D eigenvalue weighted by Gasteiger charge is 2.06. The molecule has 3 nitrogen and oxygen atoms in total. The molecule has 0 N–H and O–H groups in total. The van der Waals surface area contributed by atoms with E-state index in [4.69, 9.17) is 4.42 Å². The van der Waals surface area contributed by atoms with Gasteiger partial charge in [-0.1, -0.05) is 0 Å². The zero-order valence-corrected chi connectivity index (χ0v) is 9.75. The fourth-order valence-electron chi connectivity index (χ4n) is 1.44. The van der Waals surface area contributed by atoms with Gasteiger partial charge < -0.3 is 9.15 Å². The van der Waals surface area contributed by atoms with Gasteiger partial charge in [0.1, 0.15) is 11.5 Å². The molecule has 0 aliphatic heterocycles. The third kappa shape index (κ3) is 3.77. The summed E-state index contributed by atoms with van der Waals surface area (Å²) >= 11 is 0. The van der Waals surface area contributed by atoms with Gasteiger partial charge in [0.15, 0.2) is 5.78 Å². The topological polar surface area (TPSA) is 39.4 Å². The molecule has 0 aliphatic carbocycles. The van der Waals surface area contributed by atoms with Gasteiger partial charge >= 0.3 is 6.61 Å². The number of allylic oxidation sites excluding steroid dienone is 1. The average molecular weight is 264 g/mol. The molecule has 0 saturated heterocycles. The zero-order chi connectivity index (χ0) is 13.7. The van der Waals surface area contributed by atoms with E-state index in [2.05, 4.69) is 4.74 Å². The lowest BCUT2D eigenvalue weighted by atomic mass is 10.1. The quantitative estimate of drug-likeness (QED) is 0.609. The number of halogens is 2. The highest BCUT2D eigenvalue weighted by atomic mass is 19.3. The maximum absolute atomic E-state index is 11.9. The molecular weight excluding hydrogens is 254 g/mol. The number of rotatable bonds is 5. The van der Waals surface area contributed by atoms with Crippen molar-refractivity contribution in [3.63, 3.8) is 0 Å². The Balaban J connectivity index is 2.03. The van der Waals surface area contributed by atoms with Crippen LogP contribution in [0.25, 0.3) is 6.08 Å². The van der Waals surface area contributed by atoms with Gasteiger partial charge in [0.05, 0.1) is 6.26 Å². The van der Waals surface area contributed by atoms with Gasteiger partial charge in [-0.15, -0.1) is 0 Å². The van der Waals surface area contributed by atoms with Crippen LogP contribution in [0.3, 0.4) is 0 Å². The molecule has 0 spiro atoms. The van der Waals surface area contributed by atoms with Crippen molar-refractivity contribution < 1.29 is 22.7 Å². The molecule has 0 saturated carbocycles. The molecule has 98 valence electrons. The molecule has 2 aromatic rings. The molecular formula is C14H10F2O3. The number of hydrogen-bond donors (Lipinski definition) is 0. The van der Waals surface area contributed by atoms with Crippen LogP contribution in [0.1, 0.15) is 16.1 Å².